The first-order chi connectivity index (χ1) is 9.79. The van der Waals surface area contributed by atoms with Crippen molar-refractivity contribution in [3.05, 3.63) is 22.7 Å². The first-order valence-electron chi connectivity index (χ1n) is 7.16. The lowest BCUT2D eigenvalue weighted by Crippen LogP contribution is -2.18. The zero-order valence-corrected chi connectivity index (χ0v) is 14.1. The zero-order chi connectivity index (χ0) is 15.6. The molecule has 0 radical (unpaired) electrons. The van der Waals surface area contributed by atoms with Crippen LogP contribution in [0, 0.1) is 5.92 Å². The van der Waals surface area contributed by atoms with Crippen molar-refractivity contribution in [3.63, 3.8) is 0 Å². The zero-order valence-electron chi connectivity index (χ0n) is 13.2. The van der Waals surface area contributed by atoms with Gasteiger partial charge in [0.2, 0.25) is 0 Å². The SMILES string of the molecule is CC(C)Cn1ncnc1CC(O)c1snnc1C(C)(C)C. The van der Waals surface area contributed by atoms with Crippen LogP contribution >= 0.6 is 11.5 Å². The van der Waals surface area contributed by atoms with Gasteiger partial charge in [-0.1, -0.05) is 39.1 Å². The van der Waals surface area contributed by atoms with Gasteiger partial charge in [0.1, 0.15) is 12.2 Å². The van der Waals surface area contributed by atoms with E-state index in [-0.39, 0.29) is 5.41 Å². The summed E-state index contributed by atoms with van der Waals surface area (Å²) in [4.78, 5) is 5.09. The predicted octanol–water partition coefficient (Wildman–Crippen LogP) is 2.36. The number of aliphatic hydroxyl groups excluding tert-OH is 1. The van der Waals surface area contributed by atoms with E-state index in [0.29, 0.717) is 12.3 Å². The maximum Gasteiger partial charge on any atom is 0.138 e. The average molecular weight is 309 g/mol. The summed E-state index contributed by atoms with van der Waals surface area (Å²) in [6.45, 7) is 11.3. The van der Waals surface area contributed by atoms with E-state index < -0.39 is 6.10 Å². The molecule has 1 N–H and O–H groups in total. The third-order valence-corrected chi connectivity index (χ3v) is 3.96. The molecule has 1 unspecified atom stereocenters. The quantitative estimate of drug-likeness (QED) is 0.917. The van der Waals surface area contributed by atoms with Gasteiger partial charge in [0.25, 0.3) is 0 Å². The molecular formula is C14H23N5OS. The van der Waals surface area contributed by atoms with Crippen LogP contribution < -0.4 is 0 Å². The number of hydrogen-bond acceptors (Lipinski definition) is 6. The molecule has 0 bridgehead atoms. The molecule has 2 aromatic rings. The normalized spacial score (nSPS) is 13.9. The fourth-order valence-corrected chi connectivity index (χ4v) is 3.00. The molecule has 21 heavy (non-hydrogen) atoms. The van der Waals surface area contributed by atoms with Crippen molar-refractivity contribution in [1.82, 2.24) is 24.4 Å². The number of aliphatic hydroxyl groups is 1. The van der Waals surface area contributed by atoms with E-state index in [9.17, 15) is 5.11 Å². The molecule has 0 aliphatic rings. The Morgan fingerprint density at radius 3 is 2.67 bits per heavy atom. The Hall–Kier alpha value is -1.34. The van der Waals surface area contributed by atoms with Gasteiger partial charge >= 0.3 is 0 Å². The van der Waals surface area contributed by atoms with Gasteiger partial charge in [0.15, 0.2) is 0 Å². The van der Waals surface area contributed by atoms with Gasteiger partial charge in [0.05, 0.1) is 16.7 Å². The molecule has 0 aliphatic heterocycles. The number of rotatable bonds is 5. The lowest BCUT2D eigenvalue weighted by Gasteiger charge is -2.19. The van der Waals surface area contributed by atoms with Crippen LogP contribution in [0.15, 0.2) is 6.33 Å². The summed E-state index contributed by atoms with van der Waals surface area (Å²) in [5.41, 5.74) is 0.726. The topological polar surface area (TPSA) is 76.7 Å². The standard InChI is InChI=1S/C14H23N5OS/c1-9(2)7-19-11(15-8-16-19)6-10(20)12-13(14(3,4)5)17-18-21-12/h8-10,20H,6-7H2,1-5H3. The van der Waals surface area contributed by atoms with Crippen LogP contribution in [-0.4, -0.2) is 29.5 Å². The van der Waals surface area contributed by atoms with Crippen molar-refractivity contribution in [1.29, 1.82) is 0 Å². The summed E-state index contributed by atoms with van der Waals surface area (Å²) >= 11 is 1.26. The lowest BCUT2D eigenvalue weighted by molar-refractivity contribution is 0.174. The Morgan fingerprint density at radius 2 is 2.05 bits per heavy atom. The van der Waals surface area contributed by atoms with E-state index in [1.807, 2.05) is 4.68 Å². The first-order valence-corrected chi connectivity index (χ1v) is 7.94. The van der Waals surface area contributed by atoms with Gasteiger partial charge in [-0.15, -0.1) is 5.10 Å². The summed E-state index contributed by atoms with van der Waals surface area (Å²) in [5.74, 6) is 1.28. The smallest absolute Gasteiger partial charge is 0.138 e. The molecule has 0 saturated carbocycles. The van der Waals surface area contributed by atoms with E-state index in [1.165, 1.54) is 11.5 Å². The van der Waals surface area contributed by atoms with Gasteiger partial charge in [-0.25, -0.2) is 9.67 Å². The largest absolute Gasteiger partial charge is 0.387 e. The number of aromatic nitrogens is 5. The van der Waals surface area contributed by atoms with Crippen molar-refractivity contribution in [3.8, 4) is 0 Å². The van der Waals surface area contributed by atoms with Crippen molar-refractivity contribution < 1.29 is 5.11 Å². The molecule has 116 valence electrons. The molecular weight excluding hydrogens is 286 g/mol. The van der Waals surface area contributed by atoms with Gasteiger partial charge in [-0.2, -0.15) is 5.10 Å². The highest BCUT2D eigenvalue weighted by Crippen LogP contribution is 2.31. The van der Waals surface area contributed by atoms with Crippen molar-refractivity contribution in [2.45, 2.75) is 59.1 Å². The highest BCUT2D eigenvalue weighted by atomic mass is 32.1. The molecule has 7 heteroatoms. The van der Waals surface area contributed by atoms with Crippen LogP contribution in [0.2, 0.25) is 0 Å². The van der Waals surface area contributed by atoms with E-state index in [1.54, 1.807) is 6.33 Å². The first kappa shape index (κ1) is 16.0. The summed E-state index contributed by atoms with van der Waals surface area (Å²) < 4.78 is 5.86. The van der Waals surface area contributed by atoms with Gasteiger partial charge in [-0.3, -0.25) is 0 Å². The Bertz CT molecular complexity index is 584. The Kier molecular flexibility index (Phi) is 4.73. The molecule has 2 rings (SSSR count). The molecule has 2 heterocycles. The molecule has 0 spiro atoms. The summed E-state index contributed by atoms with van der Waals surface area (Å²) in [7, 11) is 0. The Balaban J connectivity index is 2.18. The van der Waals surface area contributed by atoms with Crippen LogP contribution in [0.4, 0.5) is 0 Å². The monoisotopic (exact) mass is 309 g/mol. The van der Waals surface area contributed by atoms with Crippen molar-refractivity contribution in [2.24, 2.45) is 5.92 Å². The summed E-state index contributed by atoms with van der Waals surface area (Å²) in [6, 6.07) is 0. The maximum absolute atomic E-state index is 10.5. The van der Waals surface area contributed by atoms with E-state index in [2.05, 4.69) is 54.3 Å². The highest BCUT2D eigenvalue weighted by Gasteiger charge is 2.27. The number of hydrogen-bond donors (Lipinski definition) is 1. The third kappa shape index (κ3) is 3.85. The second-order valence-electron chi connectivity index (χ2n) is 6.71. The van der Waals surface area contributed by atoms with Crippen LogP contribution in [0.5, 0.6) is 0 Å². The Labute approximate surface area is 129 Å². The highest BCUT2D eigenvalue weighted by molar-refractivity contribution is 7.05. The second-order valence-corrected chi connectivity index (χ2v) is 7.49. The number of nitrogens with zero attached hydrogens (tertiary/aromatic N) is 5. The third-order valence-electron chi connectivity index (χ3n) is 3.14. The van der Waals surface area contributed by atoms with Gasteiger partial charge < -0.3 is 5.11 Å². The minimum absolute atomic E-state index is 0.130. The van der Waals surface area contributed by atoms with Crippen LogP contribution in [0.1, 0.15) is 57.1 Å². The molecule has 0 aliphatic carbocycles. The second kappa shape index (κ2) is 6.19. The van der Waals surface area contributed by atoms with Crippen molar-refractivity contribution >= 4 is 11.5 Å². The average Bonchev–Trinajstić information content (AvgIpc) is 2.97. The molecule has 0 aromatic carbocycles. The fraction of sp³-hybridized carbons (Fsp3) is 0.714. The maximum atomic E-state index is 10.5. The molecule has 6 nitrogen and oxygen atoms in total. The van der Waals surface area contributed by atoms with E-state index in [4.69, 9.17) is 0 Å². The molecule has 1 atom stereocenters. The van der Waals surface area contributed by atoms with Crippen LogP contribution in [0.25, 0.3) is 0 Å². The minimum Gasteiger partial charge on any atom is -0.387 e. The summed E-state index contributed by atoms with van der Waals surface area (Å²) in [5, 5.41) is 18.9. The van der Waals surface area contributed by atoms with E-state index in [0.717, 1.165) is 22.9 Å². The van der Waals surface area contributed by atoms with Crippen LogP contribution in [0.3, 0.4) is 0 Å². The van der Waals surface area contributed by atoms with Crippen molar-refractivity contribution in [2.75, 3.05) is 0 Å². The Morgan fingerprint density at radius 1 is 1.33 bits per heavy atom. The molecule has 0 saturated heterocycles. The predicted molar refractivity (Wildman–Crippen MR) is 82.1 cm³/mol. The fourth-order valence-electron chi connectivity index (χ4n) is 2.15. The minimum atomic E-state index is -0.644. The van der Waals surface area contributed by atoms with Crippen LogP contribution in [-0.2, 0) is 18.4 Å². The molecule has 0 fully saturated rings. The summed E-state index contributed by atoms with van der Waals surface area (Å²) in [6.07, 6.45) is 1.33. The molecule has 2 aromatic heterocycles. The lowest BCUT2D eigenvalue weighted by atomic mass is 9.90. The van der Waals surface area contributed by atoms with E-state index >= 15 is 0 Å². The van der Waals surface area contributed by atoms with Gasteiger partial charge in [-0.05, 0) is 17.5 Å². The van der Waals surface area contributed by atoms with Gasteiger partial charge in [0, 0.05) is 18.4 Å². The molecule has 0 amide bonds.